The van der Waals surface area contributed by atoms with Gasteiger partial charge in [0.05, 0.1) is 0 Å². The van der Waals surface area contributed by atoms with Gasteiger partial charge in [-0.05, 0) is 60.7 Å². The van der Waals surface area contributed by atoms with E-state index in [0.717, 1.165) is 23.2 Å². The fraction of sp³-hybridized carbons (Fsp3) is 0.867. The predicted molar refractivity (Wildman–Crippen MR) is 64.6 cm³/mol. The molecule has 0 aromatic carbocycles. The van der Waals surface area contributed by atoms with Crippen LogP contribution in [0.1, 0.15) is 52.9 Å². The monoisotopic (exact) mass is 204 g/mol. The second kappa shape index (κ2) is 2.70. The van der Waals surface area contributed by atoms with Gasteiger partial charge in [-0.1, -0.05) is 32.9 Å². The van der Waals surface area contributed by atoms with Gasteiger partial charge in [0.15, 0.2) is 0 Å². The van der Waals surface area contributed by atoms with Gasteiger partial charge >= 0.3 is 0 Å². The van der Waals surface area contributed by atoms with Crippen molar-refractivity contribution in [2.75, 3.05) is 0 Å². The smallest absolute Gasteiger partial charge is 0.0146 e. The third-order valence-electron chi connectivity index (χ3n) is 6.35. The SMILES string of the molecule is C=C1CC[C@@]23C[C@@H]1C(C)(C)[C@H]2CC[C@@H]3C. The minimum absolute atomic E-state index is 0.540. The summed E-state index contributed by atoms with van der Waals surface area (Å²) in [7, 11) is 0. The van der Waals surface area contributed by atoms with Gasteiger partial charge in [0.1, 0.15) is 0 Å². The molecule has 0 N–H and O–H groups in total. The van der Waals surface area contributed by atoms with Crippen molar-refractivity contribution in [3.8, 4) is 0 Å². The average Bonchev–Trinajstić information content (AvgIpc) is 2.57. The molecule has 3 aliphatic rings. The summed E-state index contributed by atoms with van der Waals surface area (Å²) < 4.78 is 0. The first-order valence-corrected chi connectivity index (χ1v) is 6.66. The molecule has 3 fully saturated rings. The third-order valence-corrected chi connectivity index (χ3v) is 6.35. The first-order valence-electron chi connectivity index (χ1n) is 6.66. The Morgan fingerprint density at radius 3 is 2.73 bits per heavy atom. The van der Waals surface area contributed by atoms with Crippen LogP contribution in [0.3, 0.4) is 0 Å². The van der Waals surface area contributed by atoms with Crippen molar-refractivity contribution in [2.45, 2.75) is 52.9 Å². The van der Waals surface area contributed by atoms with E-state index < -0.39 is 0 Å². The zero-order valence-electron chi connectivity index (χ0n) is 10.5. The zero-order valence-corrected chi connectivity index (χ0v) is 10.5. The highest BCUT2D eigenvalue weighted by Gasteiger charge is 2.63. The molecule has 0 saturated heterocycles. The minimum Gasteiger partial charge on any atom is -0.0996 e. The van der Waals surface area contributed by atoms with Gasteiger partial charge in [0.25, 0.3) is 0 Å². The maximum absolute atomic E-state index is 4.34. The van der Waals surface area contributed by atoms with Crippen molar-refractivity contribution in [3.63, 3.8) is 0 Å². The van der Waals surface area contributed by atoms with Crippen LogP contribution < -0.4 is 0 Å². The molecule has 4 atom stereocenters. The molecule has 1 spiro atoms. The number of hydrogen-bond donors (Lipinski definition) is 0. The molecule has 3 saturated carbocycles. The number of rotatable bonds is 0. The molecule has 0 unspecified atom stereocenters. The van der Waals surface area contributed by atoms with Gasteiger partial charge < -0.3 is 0 Å². The predicted octanol–water partition coefficient (Wildman–Crippen LogP) is 4.42. The van der Waals surface area contributed by atoms with E-state index in [-0.39, 0.29) is 0 Å². The highest BCUT2D eigenvalue weighted by atomic mass is 14.7. The van der Waals surface area contributed by atoms with Crippen molar-refractivity contribution < 1.29 is 0 Å². The van der Waals surface area contributed by atoms with Gasteiger partial charge in [0, 0.05) is 0 Å². The quantitative estimate of drug-likeness (QED) is 0.513. The van der Waals surface area contributed by atoms with E-state index in [1.54, 1.807) is 5.57 Å². The molecular formula is C15H24. The van der Waals surface area contributed by atoms with E-state index in [1.807, 2.05) is 0 Å². The lowest BCUT2D eigenvalue weighted by Gasteiger charge is -2.38. The molecule has 0 nitrogen and oxygen atoms in total. The minimum atomic E-state index is 0.540. The van der Waals surface area contributed by atoms with Crippen molar-refractivity contribution in [1.82, 2.24) is 0 Å². The van der Waals surface area contributed by atoms with Crippen LogP contribution in [-0.2, 0) is 0 Å². The molecule has 0 amide bonds. The molecular weight excluding hydrogens is 180 g/mol. The lowest BCUT2D eigenvalue weighted by atomic mass is 9.67. The fourth-order valence-corrected chi connectivity index (χ4v) is 5.44. The number of fused-ring (bicyclic) bond motifs is 1. The Morgan fingerprint density at radius 2 is 2.00 bits per heavy atom. The molecule has 0 heterocycles. The summed E-state index contributed by atoms with van der Waals surface area (Å²) in [6.45, 7) is 11.9. The largest absolute Gasteiger partial charge is 0.0996 e. The lowest BCUT2D eigenvalue weighted by molar-refractivity contribution is 0.118. The maximum Gasteiger partial charge on any atom is -0.0146 e. The van der Waals surface area contributed by atoms with Crippen molar-refractivity contribution in [1.29, 1.82) is 0 Å². The van der Waals surface area contributed by atoms with Crippen molar-refractivity contribution in [3.05, 3.63) is 12.2 Å². The molecule has 0 aromatic rings. The summed E-state index contributed by atoms with van der Waals surface area (Å²) in [5, 5.41) is 0. The van der Waals surface area contributed by atoms with Gasteiger partial charge in [0.2, 0.25) is 0 Å². The van der Waals surface area contributed by atoms with E-state index in [0.29, 0.717) is 5.41 Å². The zero-order chi connectivity index (χ0) is 10.8. The van der Waals surface area contributed by atoms with E-state index in [2.05, 4.69) is 27.4 Å². The van der Waals surface area contributed by atoms with Crippen LogP contribution in [0, 0.1) is 28.6 Å². The van der Waals surface area contributed by atoms with Gasteiger partial charge in [-0.2, -0.15) is 0 Å². The molecule has 2 bridgehead atoms. The first-order chi connectivity index (χ1) is 6.98. The van der Waals surface area contributed by atoms with Crippen LogP contribution >= 0.6 is 0 Å². The molecule has 0 heteroatoms. The second-order valence-corrected chi connectivity index (χ2v) is 7.00. The van der Waals surface area contributed by atoms with Crippen LogP contribution in [0.15, 0.2) is 12.2 Å². The first kappa shape index (κ1) is 9.93. The van der Waals surface area contributed by atoms with Crippen LogP contribution in [0.4, 0.5) is 0 Å². The molecule has 0 aliphatic heterocycles. The van der Waals surface area contributed by atoms with Gasteiger partial charge in [-0.3, -0.25) is 0 Å². The fourth-order valence-electron chi connectivity index (χ4n) is 5.44. The number of allylic oxidation sites excluding steroid dienone is 1. The molecule has 3 aliphatic carbocycles. The van der Waals surface area contributed by atoms with E-state index >= 15 is 0 Å². The summed E-state index contributed by atoms with van der Waals surface area (Å²) in [5.41, 5.74) is 2.82. The van der Waals surface area contributed by atoms with Gasteiger partial charge in [-0.15, -0.1) is 0 Å². The Hall–Kier alpha value is -0.260. The standard InChI is InChI=1S/C15H24/c1-10-7-8-15-9-12(10)14(3,4)13(15)6-5-11(15)2/h11-13H,1,5-9H2,2-4H3/t11-,12-,13+,15-/m0/s1. The third kappa shape index (κ3) is 0.990. The summed E-state index contributed by atoms with van der Waals surface area (Å²) in [4.78, 5) is 0. The Kier molecular flexibility index (Phi) is 1.79. The van der Waals surface area contributed by atoms with Crippen LogP contribution in [0.2, 0.25) is 0 Å². The Morgan fingerprint density at radius 1 is 1.27 bits per heavy atom. The van der Waals surface area contributed by atoms with Crippen molar-refractivity contribution in [2.24, 2.45) is 28.6 Å². The van der Waals surface area contributed by atoms with E-state index in [4.69, 9.17) is 0 Å². The summed E-state index contributed by atoms with van der Waals surface area (Å²) in [5.74, 6) is 2.79. The molecule has 84 valence electrons. The number of hydrogen-bond acceptors (Lipinski definition) is 0. The Bertz CT molecular complexity index is 312. The van der Waals surface area contributed by atoms with Crippen molar-refractivity contribution >= 4 is 0 Å². The molecule has 0 aromatic heterocycles. The molecule has 0 radical (unpaired) electrons. The maximum atomic E-state index is 4.34. The highest BCUT2D eigenvalue weighted by Crippen LogP contribution is 2.72. The topological polar surface area (TPSA) is 0 Å². The summed E-state index contributed by atoms with van der Waals surface area (Å²) in [6.07, 6.45) is 7.18. The second-order valence-electron chi connectivity index (χ2n) is 7.00. The van der Waals surface area contributed by atoms with Crippen LogP contribution in [-0.4, -0.2) is 0 Å². The van der Waals surface area contributed by atoms with Crippen LogP contribution in [0.25, 0.3) is 0 Å². The van der Waals surface area contributed by atoms with Gasteiger partial charge in [-0.25, -0.2) is 0 Å². The van der Waals surface area contributed by atoms with Crippen LogP contribution in [0.5, 0.6) is 0 Å². The van der Waals surface area contributed by atoms with E-state index in [9.17, 15) is 0 Å². The Balaban J connectivity index is 2.08. The molecule has 3 rings (SSSR count). The highest BCUT2D eigenvalue weighted by molar-refractivity contribution is 5.23. The lowest BCUT2D eigenvalue weighted by Crippen LogP contribution is -2.30. The van der Waals surface area contributed by atoms with E-state index in [1.165, 1.54) is 32.1 Å². The Labute approximate surface area is 94.1 Å². The molecule has 15 heavy (non-hydrogen) atoms. The summed E-state index contributed by atoms with van der Waals surface area (Å²) in [6, 6.07) is 0. The summed E-state index contributed by atoms with van der Waals surface area (Å²) >= 11 is 0. The average molecular weight is 204 g/mol. The normalized spacial score (nSPS) is 51.9.